The number of ketones is 2. The van der Waals surface area contributed by atoms with Gasteiger partial charge in [-0.05, 0) is 62.4 Å². The number of hydrogen-bond acceptors (Lipinski definition) is 4. The lowest BCUT2D eigenvalue weighted by Crippen LogP contribution is -2.53. The second-order valence-electron chi connectivity index (χ2n) is 8.44. The van der Waals surface area contributed by atoms with Crippen LogP contribution in [0.25, 0.3) is 0 Å². The van der Waals surface area contributed by atoms with Crippen LogP contribution < -0.4 is 0 Å². The van der Waals surface area contributed by atoms with Crippen molar-refractivity contribution >= 4 is 11.6 Å². The molecule has 3 fully saturated rings. The molecule has 4 rings (SSSR count). The summed E-state index contributed by atoms with van der Waals surface area (Å²) in [7, 11) is 0. The number of rotatable bonds is 1. The van der Waals surface area contributed by atoms with Gasteiger partial charge < -0.3 is 10.2 Å². The molecule has 6 atom stereocenters. The van der Waals surface area contributed by atoms with E-state index in [0.29, 0.717) is 24.7 Å². The Hall–Kier alpha value is -1.00. The number of carbonyl (C=O) groups is 2. The van der Waals surface area contributed by atoms with Crippen LogP contribution in [0.15, 0.2) is 11.6 Å². The van der Waals surface area contributed by atoms with E-state index in [1.165, 1.54) is 0 Å². The van der Waals surface area contributed by atoms with E-state index in [2.05, 4.69) is 0 Å². The number of fused-ring (bicyclic) bond motifs is 5. The number of aliphatic hydroxyl groups is 2. The van der Waals surface area contributed by atoms with Crippen LogP contribution in [-0.2, 0) is 9.59 Å². The SMILES string of the molecule is C[C@]12CC[C@@H]3[C@@H](CCC4=CC(=O)CC[C@@]43CO)[C@@H]1CC(O)C2=O. The number of hydrogen-bond donors (Lipinski definition) is 2. The molecular formula is C19H26O4. The quantitative estimate of drug-likeness (QED) is 0.776. The fraction of sp³-hybridized carbons (Fsp3) is 0.789. The molecule has 0 bridgehead atoms. The van der Waals surface area contributed by atoms with Crippen molar-refractivity contribution in [3.8, 4) is 0 Å². The summed E-state index contributed by atoms with van der Waals surface area (Å²) < 4.78 is 0. The lowest BCUT2D eigenvalue weighted by atomic mass is 9.47. The molecule has 0 heterocycles. The maximum atomic E-state index is 12.5. The first-order valence-electron chi connectivity index (χ1n) is 8.99. The predicted molar refractivity (Wildman–Crippen MR) is 84.5 cm³/mol. The van der Waals surface area contributed by atoms with Gasteiger partial charge in [-0.15, -0.1) is 0 Å². The molecule has 126 valence electrons. The van der Waals surface area contributed by atoms with E-state index in [1.54, 1.807) is 6.08 Å². The van der Waals surface area contributed by atoms with Crippen LogP contribution in [0, 0.1) is 28.6 Å². The Bertz CT molecular complexity index is 594. The average Bonchev–Trinajstić information content (AvgIpc) is 2.78. The van der Waals surface area contributed by atoms with E-state index in [9.17, 15) is 19.8 Å². The zero-order valence-corrected chi connectivity index (χ0v) is 13.8. The minimum atomic E-state index is -0.807. The standard InChI is InChI=1S/C19H26O4/c1-18-6-5-14-13(15(18)9-16(22)17(18)23)3-2-11-8-12(21)4-7-19(11,14)10-20/h8,13-16,20,22H,2-7,9-10H2,1H3/t13-,14-,15+,16?,18+,19-/m1/s1. The Kier molecular flexibility index (Phi) is 3.37. The highest BCUT2D eigenvalue weighted by molar-refractivity contribution is 5.92. The van der Waals surface area contributed by atoms with Crippen molar-refractivity contribution in [2.75, 3.05) is 6.61 Å². The topological polar surface area (TPSA) is 74.6 Å². The number of carbonyl (C=O) groups excluding carboxylic acids is 2. The molecular weight excluding hydrogens is 292 g/mol. The van der Waals surface area contributed by atoms with Gasteiger partial charge >= 0.3 is 0 Å². The second kappa shape index (κ2) is 5.00. The van der Waals surface area contributed by atoms with Crippen LogP contribution in [0.2, 0.25) is 0 Å². The van der Waals surface area contributed by atoms with Crippen LogP contribution in [-0.4, -0.2) is 34.5 Å². The van der Waals surface area contributed by atoms with Crippen molar-refractivity contribution < 1.29 is 19.8 Å². The molecule has 0 aliphatic heterocycles. The molecule has 2 N–H and O–H groups in total. The van der Waals surface area contributed by atoms with Gasteiger partial charge in [0.25, 0.3) is 0 Å². The van der Waals surface area contributed by atoms with Crippen molar-refractivity contribution in [2.24, 2.45) is 28.6 Å². The zero-order valence-electron chi connectivity index (χ0n) is 13.8. The Morgan fingerprint density at radius 3 is 2.70 bits per heavy atom. The Balaban J connectivity index is 1.73. The summed E-state index contributed by atoms with van der Waals surface area (Å²) in [4.78, 5) is 24.3. The fourth-order valence-corrected chi connectivity index (χ4v) is 6.45. The van der Waals surface area contributed by atoms with E-state index < -0.39 is 6.10 Å². The minimum absolute atomic E-state index is 0.0270. The third-order valence-electron chi connectivity index (χ3n) is 7.70. The van der Waals surface area contributed by atoms with Crippen LogP contribution in [0.4, 0.5) is 0 Å². The van der Waals surface area contributed by atoms with Gasteiger partial charge in [0, 0.05) is 17.3 Å². The van der Waals surface area contributed by atoms with Gasteiger partial charge in [-0.3, -0.25) is 9.59 Å². The van der Waals surface area contributed by atoms with Gasteiger partial charge in [0.2, 0.25) is 0 Å². The van der Waals surface area contributed by atoms with Gasteiger partial charge in [-0.2, -0.15) is 0 Å². The largest absolute Gasteiger partial charge is 0.395 e. The smallest absolute Gasteiger partial charge is 0.167 e. The average molecular weight is 318 g/mol. The van der Waals surface area contributed by atoms with Crippen LogP contribution in [0.5, 0.6) is 0 Å². The Labute approximate surface area is 137 Å². The summed E-state index contributed by atoms with van der Waals surface area (Å²) in [5.74, 6) is 1.17. The molecule has 23 heavy (non-hydrogen) atoms. The molecule has 0 saturated heterocycles. The lowest BCUT2D eigenvalue weighted by molar-refractivity contribution is -0.138. The molecule has 4 aliphatic rings. The highest BCUT2D eigenvalue weighted by atomic mass is 16.3. The summed E-state index contributed by atoms with van der Waals surface area (Å²) in [5.41, 5.74) is 0.503. The number of aliphatic hydroxyl groups excluding tert-OH is 2. The summed E-state index contributed by atoms with van der Waals surface area (Å²) in [6.07, 6.45) is 6.38. The molecule has 1 unspecified atom stereocenters. The van der Waals surface area contributed by atoms with E-state index in [0.717, 1.165) is 37.7 Å². The molecule has 0 aromatic rings. The van der Waals surface area contributed by atoms with Gasteiger partial charge in [0.1, 0.15) is 6.10 Å². The first kappa shape index (κ1) is 15.5. The van der Waals surface area contributed by atoms with Crippen molar-refractivity contribution in [3.63, 3.8) is 0 Å². The van der Waals surface area contributed by atoms with E-state index >= 15 is 0 Å². The van der Waals surface area contributed by atoms with Crippen LogP contribution in [0.1, 0.15) is 51.9 Å². The van der Waals surface area contributed by atoms with Gasteiger partial charge in [0.15, 0.2) is 11.6 Å². The van der Waals surface area contributed by atoms with Crippen molar-refractivity contribution in [2.45, 2.75) is 58.0 Å². The maximum absolute atomic E-state index is 12.5. The van der Waals surface area contributed by atoms with Gasteiger partial charge in [-0.25, -0.2) is 0 Å². The number of Topliss-reactive ketones (excluding diaryl/α,β-unsaturated/α-hetero) is 1. The van der Waals surface area contributed by atoms with Gasteiger partial charge in [-0.1, -0.05) is 12.5 Å². The van der Waals surface area contributed by atoms with Crippen LogP contribution >= 0.6 is 0 Å². The second-order valence-corrected chi connectivity index (χ2v) is 8.44. The lowest BCUT2D eigenvalue weighted by Gasteiger charge is -2.57. The predicted octanol–water partition coefficient (Wildman–Crippen LogP) is 2.03. The molecule has 0 radical (unpaired) electrons. The molecule has 4 nitrogen and oxygen atoms in total. The Morgan fingerprint density at radius 2 is 1.96 bits per heavy atom. The highest BCUT2D eigenvalue weighted by Gasteiger charge is 2.62. The zero-order chi connectivity index (χ0) is 16.4. The molecule has 0 aromatic carbocycles. The van der Waals surface area contributed by atoms with Crippen molar-refractivity contribution in [1.29, 1.82) is 0 Å². The third kappa shape index (κ3) is 1.91. The van der Waals surface area contributed by atoms with Crippen molar-refractivity contribution in [3.05, 3.63) is 11.6 Å². The Morgan fingerprint density at radius 1 is 1.17 bits per heavy atom. The molecule has 0 aromatic heterocycles. The molecule has 3 saturated carbocycles. The van der Waals surface area contributed by atoms with E-state index in [4.69, 9.17) is 0 Å². The maximum Gasteiger partial charge on any atom is 0.167 e. The molecule has 4 heteroatoms. The monoisotopic (exact) mass is 318 g/mol. The van der Waals surface area contributed by atoms with E-state index in [1.807, 2.05) is 6.92 Å². The molecule has 0 amide bonds. The summed E-state index contributed by atoms with van der Waals surface area (Å²) in [6, 6.07) is 0. The molecule has 0 spiro atoms. The fourth-order valence-electron chi connectivity index (χ4n) is 6.45. The summed E-state index contributed by atoms with van der Waals surface area (Å²) >= 11 is 0. The minimum Gasteiger partial charge on any atom is -0.395 e. The van der Waals surface area contributed by atoms with E-state index in [-0.39, 0.29) is 34.9 Å². The van der Waals surface area contributed by atoms with Crippen LogP contribution in [0.3, 0.4) is 0 Å². The van der Waals surface area contributed by atoms with Gasteiger partial charge in [0.05, 0.1) is 6.61 Å². The molecule has 4 aliphatic carbocycles. The first-order chi connectivity index (χ1) is 10.9. The first-order valence-corrected chi connectivity index (χ1v) is 8.99. The summed E-state index contributed by atoms with van der Waals surface area (Å²) in [6.45, 7) is 2.14. The summed E-state index contributed by atoms with van der Waals surface area (Å²) in [5, 5.41) is 20.4. The highest BCUT2D eigenvalue weighted by Crippen LogP contribution is 2.64. The normalized spacial score (nSPS) is 49.3. The van der Waals surface area contributed by atoms with Crippen molar-refractivity contribution in [1.82, 2.24) is 0 Å². The third-order valence-corrected chi connectivity index (χ3v) is 7.70.